The highest BCUT2D eigenvalue weighted by Crippen LogP contribution is 2.61. The van der Waals surface area contributed by atoms with Crippen molar-refractivity contribution in [3.8, 4) is 0 Å². The van der Waals surface area contributed by atoms with Crippen LogP contribution in [0.3, 0.4) is 0 Å². The first-order valence-electron chi connectivity index (χ1n) is 21.3. The average molecular weight is 923 g/mol. The first-order chi connectivity index (χ1) is 30.5. The van der Waals surface area contributed by atoms with Crippen molar-refractivity contribution in [2.75, 3.05) is 0 Å². The van der Waals surface area contributed by atoms with E-state index >= 15 is 0 Å². The molecule has 21 heteroatoms. The van der Waals surface area contributed by atoms with Crippen molar-refractivity contribution in [3.05, 3.63) is 34.7 Å². The number of hydrogen-bond acceptors (Lipinski definition) is 13. The maximum absolute atomic E-state index is 14.8. The van der Waals surface area contributed by atoms with Crippen LogP contribution in [0.2, 0.25) is 0 Å². The average Bonchev–Trinajstić information content (AvgIpc) is 3.75. The number of Topliss-reactive ketones (excluding diaryl/α,β-unsaturated/α-hetero) is 1. The standard InChI is InChI=1S/C45H54N4O17/c1-21(50)45-40-26(15-37(61)62)41(2,13-12-35(57)58)30(47-40)16-27-22(6-9-32(51)52)25(14-36(59)60)44(5,48-27)18-29-23(7-10-33(53)54)42(3,19-38(63)64)31(46-29)17-28(49-45)24(8-11-34(55)56)43(45,4)20-39(65)66/h16-17,23-24,26H,6-15,18-20H2,1-5H3,(H,51,52)(H,53,54)(H,55,56)(H,57,58)(H,59,60)(H,61,62)(H,63,64)(H,65,66)/t23?,24-,26?,41-,42+,43+,44+,45?/m1/s1. The Labute approximate surface area is 377 Å². The highest BCUT2D eigenvalue weighted by atomic mass is 16.4. The summed E-state index contributed by atoms with van der Waals surface area (Å²) in [7, 11) is 0. The second-order valence-electron chi connectivity index (χ2n) is 18.7. The minimum absolute atomic E-state index is 0.0228. The number of carbonyl (C=O) groups excluding carboxylic acids is 1. The van der Waals surface area contributed by atoms with Crippen molar-refractivity contribution < 1.29 is 84.0 Å². The van der Waals surface area contributed by atoms with E-state index < -0.39 is 150 Å². The lowest BCUT2D eigenvalue weighted by atomic mass is 9.55. The van der Waals surface area contributed by atoms with Crippen molar-refractivity contribution in [2.45, 2.75) is 129 Å². The summed E-state index contributed by atoms with van der Waals surface area (Å²) in [6, 6.07) is 0. The number of aliphatic carboxylic acids is 8. The second kappa shape index (κ2) is 18.3. The number of nitrogens with zero attached hydrogens (tertiary/aromatic N) is 4. The van der Waals surface area contributed by atoms with Gasteiger partial charge in [0.25, 0.3) is 0 Å². The highest BCUT2D eigenvalue weighted by molar-refractivity contribution is 6.23. The highest BCUT2D eigenvalue weighted by Gasteiger charge is 2.68. The van der Waals surface area contributed by atoms with Gasteiger partial charge >= 0.3 is 47.8 Å². The number of carboxylic acid groups (broad SMARTS) is 8. The number of aliphatic imine (C=N–C) groups is 4. The van der Waals surface area contributed by atoms with Gasteiger partial charge in [-0.25, -0.2) is 0 Å². The van der Waals surface area contributed by atoms with Crippen LogP contribution in [0.4, 0.5) is 0 Å². The Kier molecular flexibility index (Phi) is 14.0. The fraction of sp³-hybridized carbons (Fsp3) is 0.578. The number of allylic oxidation sites excluding steroid dienone is 5. The molecule has 5 aliphatic rings. The van der Waals surface area contributed by atoms with E-state index in [2.05, 4.69) is 0 Å². The number of hydrogen-bond donors (Lipinski definition) is 8. The monoisotopic (exact) mass is 922 g/mol. The lowest BCUT2D eigenvalue weighted by molar-refractivity contribution is -0.143. The van der Waals surface area contributed by atoms with Crippen LogP contribution < -0.4 is 0 Å². The molecule has 0 spiro atoms. The predicted molar refractivity (Wildman–Crippen MR) is 231 cm³/mol. The zero-order valence-electron chi connectivity index (χ0n) is 37.1. The Bertz CT molecular complexity index is 2430. The summed E-state index contributed by atoms with van der Waals surface area (Å²) < 4.78 is 0. The molecule has 0 aliphatic carbocycles. The summed E-state index contributed by atoms with van der Waals surface area (Å²) in [5, 5.41) is 81.6. The van der Waals surface area contributed by atoms with Crippen LogP contribution in [0.1, 0.15) is 118 Å². The van der Waals surface area contributed by atoms with Crippen LogP contribution in [0.15, 0.2) is 54.7 Å². The smallest absolute Gasteiger partial charge is 0.307 e. The molecule has 356 valence electrons. The molecule has 8 bridgehead atoms. The first-order valence-corrected chi connectivity index (χ1v) is 21.3. The molecule has 0 aromatic carbocycles. The maximum Gasteiger partial charge on any atom is 0.307 e. The van der Waals surface area contributed by atoms with E-state index in [0.29, 0.717) is 0 Å². The third-order valence-electron chi connectivity index (χ3n) is 14.3. The van der Waals surface area contributed by atoms with E-state index in [1.807, 2.05) is 0 Å². The number of ketones is 1. The van der Waals surface area contributed by atoms with Gasteiger partial charge in [-0.1, -0.05) is 20.8 Å². The molecule has 0 fully saturated rings. The third kappa shape index (κ3) is 9.24. The summed E-state index contributed by atoms with van der Waals surface area (Å²) in [6.07, 6.45) is -4.05. The molecule has 8 N–H and O–H groups in total. The Hall–Kier alpha value is -6.67. The van der Waals surface area contributed by atoms with E-state index in [1.54, 1.807) is 6.92 Å². The molecule has 5 heterocycles. The van der Waals surface area contributed by atoms with E-state index in [1.165, 1.54) is 32.9 Å². The summed E-state index contributed by atoms with van der Waals surface area (Å²) in [5.74, 6) is -15.2. The van der Waals surface area contributed by atoms with Gasteiger partial charge in [0.1, 0.15) is 0 Å². The van der Waals surface area contributed by atoms with Crippen LogP contribution in [0.5, 0.6) is 0 Å². The SMILES string of the molecule is CC(=O)C12N=C(C=C3N=C(C[C@]4(C)N=C(C=C5N=C1C(CC(=O)O)[C@@]5(C)CCC(=O)O)C(CCC(=O)O)=C4CC(=O)O)C(CCC(=O)O)[C@]3(C)CC(=O)O)[C@@H](CCC(=O)O)[C@]2(C)CC(=O)O. The Balaban J connectivity index is 2.07. The topological polar surface area (TPSA) is 365 Å². The van der Waals surface area contributed by atoms with Crippen molar-refractivity contribution >= 4 is 76.4 Å². The van der Waals surface area contributed by atoms with Crippen LogP contribution >= 0.6 is 0 Å². The molecule has 5 aliphatic heterocycles. The molecular formula is C45H54N4O17. The molecule has 0 saturated heterocycles. The molecular weight excluding hydrogens is 869 g/mol. The Morgan fingerprint density at radius 3 is 1.68 bits per heavy atom. The molecule has 0 saturated carbocycles. The maximum atomic E-state index is 14.8. The van der Waals surface area contributed by atoms with E-state index in [4.69, 9.17) is 20.0 Å². The molecule has 66 heavy (non-hydrogen) atoms. The largest absolute Gasteiger partial charge is 0.481 e. The van der Waals surface area contributed by atoms with Crippen LogP contribution in [-0.2, 0) is 43.2 Å². The van der Waals surface area contributed by atoms with Gasteiger partial charge in [-0.2, -0.15) is 0 Å². The van der Waals surface area contributed by atoms with Crippen LogP contribution in [-0.4, -0.2) is 128 Å². The molecule has 3 unspecified atom stereocenters. The summed E-state index contributed by atoms with van der Waals surface area (Å²) in [4.78, 5) is 135. The van der Waals surface area contributed by atoms with Crippen molar-refractivity contribution in [3.63, 3.8) is 0 Å². The van der Waals surface area contributed by atoms with Gasteiger partial charge in [0.15, 0.2) is 11.3 Å². The van der Waals surface area contributed by atoms with Crippen LogP contribution in [0, 0.1) is 34.0 Å². The summed E-state index contributed by atoms with van der Waals surface area (Å²) in [6.45, 7) is 7.04. The van der Waals surface area contributed by atoms with Gasteiger partial charge in [0.05, 0.1) is 42.6 Å². The van der Waals surface area contributed by atoms with Crippen LogP contribution in [0.25, 0.3) is 0 Å². The number of rotatable bonds is 21. The lowest BCUT2D eigenvalue weighted by Gasteiger charge is -2.45. The fourth-order valence-corrected chi connectivity index (χ4v) is 11.2. The second-order valence-corrected chi connectivity index (χ2v) is 18.7. The fourth-order valence-electron chi connectivity index (χ4n) is 11.2. The molecule has 5 rings (SSSR count). The van der Waals surface area contributed by atoms with E-state index in [-0.39, 0.29) is 77.5 Å². The molecule has 0 aromatic rings. The summed E-state index contributed by atoms with van der Waals surface area (Å²) in [5.41, 5.74) is -9.27. The van der Waals surface area contributed by atoms with Gasteiger partial charge < -0.3 is 40.9 Å². The molecule has 0 aromatic heterocycles. The van der Waals surface area contributed by atoms with Gasteiger partial charge in [0.2, 0.25) is 0 Å². The first kappa shape index (κ1) is 50.3. The number of carbonyl (C=O) groups is 9. The molecule has 21 nitrogen and oxygen atoms in total. The minimum Gasteiger partial charge on any atom is -0.481 e. The lowest BCUT2D eigenvalue weighted by Crippen LogP contribution is -2.59. The molecule has 0 amide bonds. The minimum atomic E-state index is -2.43. The quantitative estimate of drug-likeness (QED) is 0.0780. The van der Waals surface area contributed by atoms with Gasteiger partial charge in [0, 0.05) is 88.9 Å². The van der Waals surface area contributed by atoms with E-state index in [9.17, 15) is 84.0 Å². The van der Waals surface area contributed by atoms with Gasteiger partial charge in [-0.3, -0.25) is 63.1 Å². The number of fused-ring (bicyclic) bond motifs is 5. The predicted octanol–water partition coefficient (Wildman–Crippen LogP) is 4.58. The van der Waals surface area contributed by atoms with Gasteiger partial charge in [-0.15, -0.1) is 0 Å². The third-order valence-corrected chi connectivity index (χ3v) is 14.3. The van der Waals surface area contributed by atoms with Gasteiger partial charge in [-0.05, 0) is 62.8 Å². The van der Waals surface area contributed by atoms with Crippen molar-refractivity contribution in [1.29, 1.82) is 0 Å². The van der Waals surface area contributed by atoms with E-state index in [0.717, 1.165) is 6.92 Å². The molecule has 0 radical (unpaired) electrons. The zero-order valence-corrected chi connectivity index (χ0v) is 37.1. The number of carboxylic acids is 8. The van der Waals surface area contributed by atoms with Crippen molar-refractivity contribution in [1.82, 2.24) is 0 Å². The van der Waals surface area contributed by atoms with Crippen molar-refractivity contribution in [2.24, 2.45) is 54.0 Å². The Morgan fingerprint density at radius 1 is 0.606 bits per heavy atom. The zero-order chi connectivity index (χ0) is 49.5. The Morgan fingerprint density at radius 2 is 1.17 bits per heavy atom. The molecule has 8 atom stereocenters. The summed E-state index contributed by atoms with van der Waals surface area (Å²) >= 11 is 0. The normalized spacial score (nSPS) is 31.0.